The van der Waals surface area contributed by atoms with Gasteiger partial charge < -0.3 is 9.13 Å². The summed E-state index contributed by atoms with van der Waals surface area (Å²) in [7, 11) is 0. The molecule has 2 heteroatoms. The Morgan fingerprint density at radius 2 is 0.660 bits per heavy atom. The zero-order valence-corrected chi connectivity index (χ0v) is 27.4. The summed E-state index contributed by atoms with van der Waals surface area (Å²) in [6.45, 7) is 0. The minimum atomic E-state index is 1.17. The fraction of sp³-hybridized carbons (Fsp3) is 0. The molecule has 234 valence electrons. The monoisotopic (exact) mass is 636 g/mol. The van der Waals surface area contributed by atoms with E-state index in [9.17, 15) is 0 Å². The van der Waals surface area contributed by atoms with Crippen molar-refractivity contribution < 1.29 is 0 Å². The molecule has 2 heterocycles. The molecular formula is C48H32N2. The van der Waals surface area contributed by atoms with Gasteiger partial charge in [-0.15, -0.1) is 0 Å². The molecule has 0 atom stereocenters. The Bertz CT molecular complexity index is 2860. The van der Waals surface area contributed by atoms with E-state index < -0.39 is 0 Å². The van der Waals surface area contributed by atoms with Gasteiger partial charge >= 0.3 is 0 Å². The number of para-hydroxylation sites is 3. The number of fused-ring (bicyclic) bond motifs is 6. The van der Waals surface area contributed by atoms with Gasteiger partial charge in [0.1, 0.15) is 0 Å². The Kier molecular flexibility index (Phi) is 6.53. The molecule has 0 saturated heterocycles. The first-order chi connectivity index (χ1) is 24.9. The zero-order valence-electron chi connectivity index (χ0n) is 27.4. The second-order valence-electron chi connectivity index (χ2n) is 12.9. The van der Waals surface area contributed by atoms with Gasteiger partial charge in [-0.1, -0.05) is 158 Å². The number of nitrogens with zero attached hydrogens (tertiary/aromatic N) is 2. The first-order valence-corrected chi connectivity index (χ1v) is 17.2. The predicted octanol–water partition coefficient (Wildman–Crippen LogP) is 12.9. The number of aromatic nitrogens is 2. The summed E-state index contributed by atoms with van der Waals surface area (Å²) >= 11 is 0. The lowest BCUT2D eigenvalue weighted by atomic mass is 9.92. The minimum Gasteiger partial charge on any atom is -0.309 e. The third-order valence-corrected chi connectivity index (χ3v) is 10.1. The largest absolute Gasteiger partial charge is 0.309 e. The van der Waals surface area contributed by atoms with Gasteiger partial charge in [0, 0.05) is 27.1 Å². The summed E-state index contributed by atoms with van der Waals surface area (Å²) in [5, 5.41) is 4.99. The van der Waals surface area contributed by atoms with Crippen LogP contribution in [0.5, 0.6) is 0 Å². The van der Waals surface area contributed by atoms with E-state index in [0.29, 0.717) is 0 Å². The molecule has 0 bridgehead atoms. The first kappa shape index (κ1) is 28.4. The molecular weight excluding hydrogens is 605 g/mol. The molecule has 50 heavy (non-hydrogen) atoms. The third-order valence-electron chi connectivity index (χ3n) is 10.1. The molecule has 0 saturated carbocycles. The maximum Gasteiger partial charge on any atom is 0.0562 e. The fourth-order valence-corrected chi connectivity index (χ4v) is 8.07. The Morgan fingerprint density at radius 3 is 1.36 bits per heavy atom. The van der Waals surface area contributed by atoms with Crippen molar-refractivity contribution in [2.45, 2.75) is 0 Å². The third kappa shape index (κ3) is 4.29. The Balaban J connectivity index is 1.29. The lowest BCUT2D eigenvalue weighted by Gasteiger charge is -2.15. The normalized spacial score (nSPS) is 11.6. The van der Waals surface area contributed by atoms with Gasteiger partial charge in [-0.05, 0) is 64.2 Å². The van der Waals surface area contributed by atoms with Gasteiger partial charge in [0.05, 0.1) is 33.4 Å². The van der Waals surface area contributed by atoms with Crippen LogP contribution in [0.25, 0.3) is 88.4 Å². The van der Waals surface area contributed by atoms with Gasteiger partial charge in [-0.25, -0.2) is 0 Å². The second kappa shape index (κ2) is 11.5. The molecule has 10 aromatic rings. The summed E-state index contributed by atoms with van der Waals surface area (Å²) in [5.41, 5.74) is 14.5. The van der Waals surface area contributed by atoms with Gasteiger partial charge in [0.2, 0.25) is 0 Å². The van der Waals surface area contributed by atoms with Crippen LogP contribution in [-0.4, -0.2) is 9.13 Å². The van der Waals surface area contributed by atoms with Gasteiger partial charge in [0.25, 0.3) is 0 Å². The van der Waals surface area contributed by atoms with E-state index in [1.54, 1.807) is 0 Å². The number of benzene rings is 8. The number of hydrogen-bond donors (Lipinski definition) is 0. The van der Waals surface area contributed by atoms with Gasteiger partial charge in [0.15, 0.2) is 0 Å². The molecule has 0 aliphatic rings. The van der Waals surface area contributed by atoms with E-state index >= 15 is 0 Å². The van der Waals surface area contributed by atoms with Crippen molar-refractivity contribution in [3.05, 3.63) is 194 Å². The van der Waals surface area contributed by atoms with E-state index in [1.165, 1.54) is 88.4 Å². The van der Waals surface area contributed by atoms with E-state index in [4.69, 9.17) is 0 Å². The van der Waals surface area contributed by atoms with Crippen molar-refractivity contribution in [1.29, 1.82) is 0 Å². The van der Waals surface area contributed by atoms with Crippen LogP contribution in [0.3, 0.4) is 0 Å². The van der Waals surface area contributed by atoms with Crippen LogP contribution in [0.1, 0.15) is 0 Å². The second-order valence-corrected chi connectivity index (χ2v) is 12.9. The molecule has 0 N–H and O–H groups in total. The highest BCUT2D eigenvalue weighted by molar-refractivity contribution is 6.19. The van der Waals surface area contributed by atoms with Crippen LogP contribution in [0.15, 0.2) is 194 Å². The van der Waals surface area contributed by atoms with Crippen molar-refractivity contribution in [1.82, 2.24) is 9.13 Å². The van der Waals surface area contributed by atoms with Crippen molar-refractivity contribution in [3.8, 4) is 44.8 Å². The Labute approximate surface area is 290 Å². The molecule has 8 aromatic carbocycles. The summed E-state index contributed by atoms with van der Waals surface area (Å²) < 4.78 is 4.94. The smallest absolute Gasteiger partial charge is 0.0562 e. The van der Waals surface area contributed by atoms with Gasteiger partial charge in [-0.2, -0.15) is 0 Å². The van der Waals surface area contributed by atoms with Crippen LogP contribution in [-0.2, 0) is 0 Å². The SMILES string of the molecule is c1ccc(-c2ccccc2-c2cccc3c2c2ccccc2n3-c2cccc3c2c2ccccc2n3-c2ccccc2-c2ccccc2)cc1. The van der Waals surface area contributed by atoms with Crippen molar-refractivity contribution in [2.75, 3.05) is 0 Å². The minimum absolute atomic E-state index is 1.17. The lowest BCUT2D eigenvalue weighted by molar-refractivity contribution is 1.17. The maximum atomic E-state index is 2.49. The van der Waals surface area contributed by atoms with Crippen LogP contribution < -0.4 is 0 Å². The number of rotatable bonds is 5. The molecule has 2 nitrogen and oxygen atoms in total. The maximum absolute atomic E-state index is 2.49. The topological polar surface area (TPSA) is 9.86 Å². The highest BCUT2D eigenvalue weighted by atomic mass is 15.0. The molecule has 0 unspecified atom stereocenters. The Hall–Kier alpha value is -6.64. The van der Waals surface area contributed by atoms with Crippen LogP contribution in [0, 0.1) is 0 Å². The van der Waals surface area contributed by atoms with Crippen LogP contribution >= 0.6 is 0 Å². The highest BCUT2D eigenvalue weighted by Gasteiger charge is 2.22. The van der Waals surface area contributed by atoms with Crippen molar-refractivity contribution >= 4 is 43.6 Å². The summed E-state index contributed by atoms with van der Waals surface area (Å²) in [4.78, 5) is 0. The molecule has 0 aliphatic carbocycles. The molecule has 0 aliphatic heterocycles. The molecule has 0 spiro atoms. The highest BCUT2D eigenvalue weighted by Crippen LogP contribution is 2.44. The van der Waals surface area contributed by atoms with Gasteiger partial charge in [-0.3, -0.25) is 0 Å². The number of hydrogen-bond acceptors (Lipinski definition) is 0. The lowest BCUT2D eigenvalue weighted by Crippen LogP contribution is -1.98. The summed E-state index contributed by atoms with van der Waals surface area (Å²) in [5.74, 6) is 0. The van der Waals surface area contributed by atoms with Crippen LogP contribution in [0.4, 0.5) is 0 Å². The van der Waals surface area contributed by atoms with Crippen molar-refractivity contribution in [3.63, 3.8) is 0 Å². The molecule has 10 rings (SSSR count). The fourth-order valence-electron chi connectivity index (χ4n) is 8.07. The van der Waals surface area contributed by atoms with E-state index in [1.807, 2.05) is 0 Å². The van der Waals surface area contributed by atoms with E-state index in [0.717, 1.165) is 0 Å². The molecule has 0 radical (unpaired) electrons. The molecule has 0 amide bonds. The average Bonchev–Trinajstić information content (AvgIpc) is 3.72. The molecule has 2 aromatic heterocycles. The van der Waals surface area contributed by atoms with Crippen molar-refractivity contribution in [2.24, 2.45) is 0 Å². The Morgan fingerprint density at radius 1 is 0.240 bits per heavy atom. The average molecular weight is 637 g/mol. The quantitative estimate of drug-likeness (QED) is 0.178. The van der Waals surface area contributed by atoms with E-state index in [-0.39, 0.29) is 0 Å². The zero-order chi connectivity index (χ0) is 33.0. The standard InChI is InChI=1S/C48H32N2/c1-3-17-33(18-4-1)35-21-7-8-23-37(35)38-26-15-30-44-47(38)39-24-10-13-28-42(39)50(44)46-32-16-31-45-48(46)40-25-11-14-29-43(40)49(45)41-27-12-9-22-36(41)34-19-5-2-6-20-34/h1-32H. The first-order valence-electron chi connectivity index (χ1n) is 17.2. The summed E-state index contributed by atoms with van der Waals surface area (Å²) in [6.07, 6.45) is 0. The van der Waals surface area contributed by atoms with E-state index in [2.05, 4.69) is 203 Å². The predicted molar refractivity (Wildman–Crippen MR) is 211 cm³/mol. The van der Waals surface area contributed by atoms with Crippen LogP contribution in [0.2, 0.25) is 0 Å². The molecule has 0 fully saturated rings. The summed E-state index contributed by atoms with van der Waals surface area (Å²) in [6, 6.07) is 70.3.